The lowest BCUT2D eigenvalue weighted by Crippen LogP contribution is -2.29. The van der Waals surface area contributed by atoms with Crippen molar-refractivity contribution in [1.82, 2.24) is 15.2 Å². The number of nitrogens with zero attached hydrogens (tertiary/aromatic N) is 2. The zero-order valence-corrected chi connectivity index (χ0v) is 12.3. The van der Waals surface area contributed by atoms with E-state index in [0.29, 0.717) is 16.5 Å². The number of aromatic nitrogens is 2. The molecular formula is C13H16Cl2N4. The minimum atomic E-state index is -0.0348. The number of benzene rings is 1. The fourth-order valence-electron chi connectivity index (χ4n) is 2.13. The van der Waals surface area contributed by atoms with E-state index in [1.54, 1.807) is 10.7 Å². The highest BCUT2D eigenvalue weighted by molar-refractivity contribution is 6.35. The fraction of sp³-hybridized carbons (Fsp3) is 0.308. The minimum absolute atomic E-state index is 0.0348. The topological polar surface area (TPSA) is 55.9 Å². The van der Waals surface area contributed by atoms with Crippen LogP contribution in [0.2, 0.25) is 10.0 Å². The first-order valence-corrected chi connectivity index (χ1v) is 6.67. The maximum Gasteiger partial charge on any atom is 0.0642 e. The van der Waals surface area contributed by atoms with E-state index in [4.69, 9.17) is 29.0 Å². The third-order valence-corrected chi connectivity index (χ3v) is 3.65. The Morgan fingerprint density at radius 3 is 2.68 bits per heavy atom. The monoisotopic (exact) mass is 298 g/mol. The first kappa shape index (κ1) is 14.3. The van der Waals surface area contributed by atoms with E-state index < -0.39 is 0 Å². The van der Waals surface area contributed by atoms with Gasteiger partial charge in [0.25, 0.3) is 0 Å². The first-order valence-electron chi connectivity index (χ1n) is 5.91. The number of rotatable bonds is 4. The van der Waals surface area contributed by atoms with Gasteiger partial charge in [0.1, 0.15) is 0 Å². The molecule has 0 saturated carbocycles. The molecule has 0 aliphatic rings. The van der Waals surface area contributed by atoms with Gasteiger partial charge in [-0.1, -0.05) is 29.3 Å². The standard InChI is InChI=1S/C13H16Cl2N4/c1-8-11(7-19(2)18-8)13(17-16)5-9-3-4-10(14)6-12(9)15/h3-4,6-7,13,17H,5,16H2,1-2H3. The highest BCUT2D eigenvalue weighted by Crippen LogP contribution is 2.26. The Hall–Kier alpha value is -1.07. The molecule has 102 valence electrons. The zero-order valence-electron chi connectivity index (χ0n) is 10.8. The maximum absolute atomic E-state index is 6.19. The number of halogens is 2. The fourth-order valence-corrected chi connectivity index (χ4v) is 2.61. The molecule has 0 saturated heterocycles. The summed E-state index contributed by atoms with van der Waals surface area (Å²) in [6.45, 7) is 1.96. The number of nitrogens with one attached hydrogen (secondary N) is 1. The molecule has 1 aromatic heterocycles. The average Bonchev–Trinajstić information content (AvgIpc) is 2.68. The summed E-state index contributed by atoms with van der Waals surface area (Å²) >= 11 is 12.1. The maximum atomic E-state index is 6.19. The zero-order chi connectivity index (χ0) is 14.0. The molecule has 0 spiro atoms. The summed E-state index contributed by atoms with van der Waals surface area (Å²) in [4.78, 5) is 0. The summed E-state index contributed by atoms with van der Waals surface area (Å²) < 4.78 is 1.78. The van der Waals surface area contributed by atoms with Crippen LogP contribution >= 0.6 is 23.2 Å². The molecule has 0 fully saturated rings. The lowest BCUT2D eigenvalue weighted by Gasteiger charge is -2.16. The SMILES string of the molecule is Cc1nn(C)cc1C(Cc1ccc(Cl)cc1Cl)NN. The molecule has 4 nitrogen and oxygen atoms in total. The van der Waals surface area contributed by atoms with Gasteiger partial charge < -0.3 is 0 Å². The Morgan fingerprint density at radius 2 is 2.16 bits per heavy atom. The van der Waals surface area contributed by atoms with Gasteiger partial charge in [0, 0.05) is 28.9 Å². The van der Waals surface area contributed by atoms with Crippen LogP contribution in [0.15, 0.2) is 24.4 Å². The van der Waals surface area contributed by atoms with Crippen molar-refractivity contribution >= 4 is 23.2 Å². The molecule has 0 amide bonds. The van der Waals surface area contributed by atoms with Crippen molar-refractivity contribution < 1.29 is 0 Å². The lowest BCUT2D eigenvalue weighted by molar-refractivity contribution is 0.549. The molecule has 1 aromatic carbocycles. The van der Waals surface area contributed by atoms with Crippen LogP contribution in [-0.4, -0.2) is 9.78 Å². The molecule has 1 unspecified atom stereocenters. The Bertz CT molecular complexity index is 580. The predicted molar refractivity (Wildman–Crippen MR) is 78.2 cm³/mol. The molecule has 3 N–H and O–H groups in total. The van der Waals surface area contributed by atoms with E-state index in [9.17, 15) is 0 Å². The van der Waals surface area contributed by atoms with Crippen molar-refractivity contribution in [2.45, 2.75) is 19.4 Å². The second-order valence-electron chi connectivity index (χ2n) is 4.50. The van der Waals surface area contributed by atoms with Gasteiger partial charge in [-0.2, -0.15) is 5.10 Å². The van der Waals surface area contributed by atoms with Crippen molar-refractivity contribution in [2.75, 3.05) is 0 Å². The smallest absolute Gasteiger partial charge is 0.0642 e. The number of hydrogen-bond acceptors (Lipinski definition) is 3. The second-order valence-corrected chi connectivity index (χ2v) is 5.35. The normalized spacial score (nSPS) is 12.7. The van der Waals surface area contributed by atoms with Crippen molar-refractivity contribution in [2.24, 2.45) is 12.9 Å². The Balaban J connectivity index is 2.26. The van der Waals surface area contributed by atoms with Gasteiger partial charge in [0.05, 0.1) is 11.7 Å². The molecule has 1 atom stereocenters. The van der Waals surface area contributed by atoms with E-state index in [1.807, 2.05) is 32.3 Å². The van der Waals surface area contributed by atoms with Crippen LogP contribution in [-0.2, 0) is 13.5 Å². The Labute approximate surface area is 122 Å². The van der Waals surface area contributed by atoms with Crippen LogP contribution < -0.4 is 11.3 Å². The van der Waals surface area contributed by atoms with Gasteiger partial charge in [-0.15, -0.1) is 0 Å². The Kier molecular flexibility index (Phi) is 4.47. The van der Waals surface area contributed by atoms with E-state index in [1.165, 1.54) is 0 Å². The van der Waals surface area contributed by atoms with Crippen molar-refractivity contribution in [3.63, 3.8) is 0 Å². The number of aryl methyl sites for hydroxylation is 2. The molecule has 1 heterocycles. The van der Waals surface area contributed by atoms with Gasteiger partial charge in [0.15, 0.2) is 0 Å². The highest BCUT2D eigenvalue weighted by atomic mass is 35.5. The predicted octanol–water partition coefficient (Wildman–Crippen LogP) is 2.78. The van der Waals surface area contributed by atoms with Crippen molar-refractivity contribution in [1.29, 1.82) is 0 Å². The Morgan fingerprint density at radius 1 is 1.42 bits per heavy atom. The number of nitrogens with two attached hydrogens (primary N) is 1. The molecule has 2 rings (SSSR count). The van der Waals surface area contributed by atoms with Crippen LogP contribution in [0.1, 0.15) is 22.9 Å². The van der Waals surface area contributed by atoms with E-state index in [0.717, 1.165) is 16.8 Å². The van der Waals surface area contributed by atoms with Gasteiger partial charge in [-0.25, -0.2) is 0 Å². The van der Waals surface area contributed by atoms with Gasteiger partial charge in [0.2, 0.25) is 0 Å². The molecule has 2 aromatic rings. The molecule has 0 aliphatic carbocycles. The molecule has 19 heavy (non-hydrogen) atoms. The number of hydrazine groups is 1. The molecular weight excluding hydrogens is 283 g/mol. The van der Waals surface area contributed by atoms with E-state index in [-0.39, 0.29) is 6.04 Å². The van der Waals surface area contributed by atoms with Crippen molar-refractivity contribution in [3.8, 4) is 0 Å². The highest BCUT2D eigenvalue weighted by Gasteiger charge is 2.17. The number of hydrogen-bond donors (Lipinski definition) is 2. The summed E-state index contributed by atoms with van der Waals surface area (Å²) in [5, 5.41) is 5.60. The molecule has 0 radical (unpaired) electrons. The molecule has 0 aliphatic heterocycles. The minimum Gasteiger partial charge on any atom is -0.275 e. The molecule has 6 heteroatoms. The summed E-state index contributed by atoms with van der Waals surface area (Å²) in [5.74, 6) is 5.65. The second kappa shape index (κ2) is 5.92. The van der Waals surface area contributed by atoms with Crippen LogP contribution in [0.4, 0.5) is 0 Å². The first-order chi connectivity index (χ1) is 9.01. The summed E-state index contributed by atoms with van der Waals surface area (Å²) in [5.41, 5.74) is 5.84. The van der Waals surface area contributed by atoms with Crippen LogP contribution in [0.25, 0.3) is 0 Å². The summed E-state index contributed by atoms with van der Waals surface area (Å²) in [6, 6.07) is 5.45. The van der Waals surface area contributed by atoms with Crippen LogP contribution in [0, 0.1) is 6.92 Å². The molecule has 0 bridgehead atoms. The third kappa shape index (κ3) is 3.28. The largest absolute Gasteiger partial charge is 0.275 e. The van der Waals surface area contributed by atoms with Crippen molar-refractivity contribution in [3.05, 3.63) is 51.3 Å². The third-order valence-electron chi connectivity index (χ3n) is 3.07. The van der Waals surface area contributed by atoms with Crippen LogP contribution in [0.3, 0.4) is 0 Å². The van der Waals surface area contributed by atoms with E-state index >= 15 is 0 Å². The van der Waals surface area contributed by atoms with Gasteiger partial charge in [-0.05, 0) is 31.0 Å². The van der Waals surface area contributed by atoms with Gasteiger partial charge in [-0.3, -0.25) is 16.0 Å². The van der Waals surface area contributed by atoms with Gasteiger partial charge >= 0.3 is 0 Å². The summed E-state index contributed by atoms with van der Waals surface area (Å²) in [6.07, 6.45) is 2.64. The van der Waals surface area contributed by atoms with Crippen LogP contribution in [0.5, 0.6) is 0 Å². The average molecular weight is 299 g/mol. The summed E-state index contributed by atoms with van der Waals surface area (Å²) in [7, 11) is 1.89. The quantitative estimate of drug-likeness (QED) is 0.674. The van der Waals surface area contributed by atoms with E-state index in [2.05, 4.69) is 10.5 Å². The lowest BCUT2D eigenvalue weighted by atomic mass is 10.00.